The minimum absolute atomic E-state index is 0.377. The zero-order chi connectivity index (χ0) is 10.1. The lowest BCUT2D eigenvalue weighted by atomic mass is 10.2. The minimum Gasteiger partial charge on any atom is -0.376 e. The lowest BCUT2D eigenvalue weighted by molar-refractivity contribution is -0.000194. The van der Waals surface area contributed by atoms with Crippen molar-refractivity contribution in [3.63, 3.8) is 0 Å². The Bertz CT molecular complexity index is 97.1. The lowest BCUT2D eigenvalue weighted by Crippen LogP contribution is -2.17. The van der Waals surface area contributed by atoms with E-state index >= 15 is 0 Å². The zero-order valence-corrected chi connectivity index (χ0v) is 10.5. The van der Waals surface area contributed by atoms with Gasteiger partial charge in [-0.15, -0.1) is 0 Å². The normalized spacial score (nSPS) is 15.7. The Balaban J connectivity index is 3.35. The highest BCUT2D eigenvalue weighted by molar-refractivity contribution is 7.80. The van der Waals surface area contributed by atoms with Gasteiger partial charge in [0.25, 0.3) is 0 Å². The Hall–Kier alpha value is 0.660. The van der Waals surface area contributed by atoms with Crippen molar-refractivity contribution in [1.82, 2.24) is 0 Å². The van der Waals surface area contributed by atoms with Crippen LogP contribution in [0.1, 0.15) is 39.5 Å². The molecule has 0 aliphatic rings. The molecule has 0 saturated heterocycles. The molecular weight excluding hydrogens is 200 g/mol. The molecule has 2 atom stereocenters. The van der Waals surface area contributed by atoms with Crippen LogP contribution < -0.4 is 0 Å². The Labute approximate surface area is 93.4 Å². The summed E-state index contributed by atoms with van der Waals surface area (Å²) < 4.78 is 5.79. The van der Waals surface area contributed by atoms with Crippen LogP contribution in [0.15, 0.2) is 0 Å². The van der Waals surface area contributed by atoms with Gasteiger partial charge in [-0.25, -0.2) is 0 Å². The van der Waals surface area contributed by atoms with Crippen molar-refractivity contribution >= 4 is 25.3 Å². The number of rotatable bonds is 8. The van der Waals surface area contributed by atoms with Crippen molar-refractivity contribution in [1.29, 1.82) is 0 Å². The first-order valence-corrected chi connectivity index (χ1v) is 6.34. The summed E-state index contributed by atoms with van der Waals surface area (Å²) >= 11 is 8.35. The first-order valence-electron chi connectivity index (χ1n) is 5.08. The van der Waals surface area contributed by atoms with Crippen molar-refractivity contribution in [3.05, 3.63) is 0 Å². The van der Waals surface area contributed by atoms with Crippen LogP contribution in [0.5, 0.6) is 0 Å². The van der Waals surface area contributed by atoms with Crippen molar-refractivity contribution in [2.75, 3.05) is 11.5 Å². The van der Waals surface area contributed by atoms with Crippen LogP contribution in [-0.4, -0.2) is 23.7 Å². The van der Waals surface area contributed by atoms with Crippen LogP contribution >= 0.6 is 25.3 Å². The number of ether oxygens (including phenoxy) is 1. The summed E-state index contributed by atoms with van der Waals surface area (Å²) in [5, 5.41) is 0. The fourth-order valence-corrected chi connectivity index (χ4v) is 1.66. The first kappa shape index (κ1) is 13.7. The van der Waals surface area contributed by atoms with Gasteiger partial charge in [0.15, 0.2) is 0 Å². The molecule has 3 heteroatoms. The molecule has 0 aliphatic carbocycles. The molecule has 80 valence electrons. The molecule has 0 heterocycles. The molecule has 0 bridgehead atoms. The summed E-state index contributed by atoms with van der Waals surface area (Å²) in [7, 11) is 0. The first-order chi connectivity index (χ1) is 6.20. The standard InChI is InChI=1S/C10H22OS2/c1-9(5-3-7-12)11-10(2)6-4-8-13/h9-10,12-13H,3-8H2,1-2H3. The van der Waals surface area contributed by atoms with E-state index in [9.17, 15) is 0 Å². The molecule has 0 fully saturated rings. The fraction of sp³-hybridized carbons (Fsp3) is 1.00. The molecule has 1 nitrogen and oxygen atoms in total. The molecule has 0 aromatic carbocycles. The molecule has 0 rings (SSSR count). The van der Waals surface area contributed by atoms with Crippen LogP contribution in [0, 0.1) is 0 Å². The van der Waals surface area contributed by atoms with Gasteiger partial charge in [-0.2, -0.15) is 25.3 Å². The van der Waals surface area contributed by atoms with Gasteiger partial charge in [0, 0.05) is 0 Å². The van der Waals surface area contributed by atoms with Crippen LogP contribution in [0.4, 0.5) is 0 Å². The van der Waals surface area contributed by atoms with E-state index in [0.717, 1.165) is 37.2 Å². The maximum atomic E-state index is 5.79. The topological polar surface area (TPSA) is 9.23 Å². The van der Waals surface area contributed by atoms with Gasteiger partial charge in [0.2, 0.25) is 0 Å². The van der Waals surface area contributed by atoms with Crippen LogP contribution in [0.3, 0.4) is 0 Å². The van der Waals surface area contributed by atoms with Gasteiger partial charge in [-0.3, -0.25) is 0 Å². The molecule has 0 radical (unpaired) electrons. The second kappa shape index (κ2) is 9.22. The molecule has 0 aromatic rings. The Kier molecular flexibility index (Phi) is 9.69. The average Bonchev–Trinajstić information content (AvgIpc) is 2.11. The largest absolute Gasteiger partial charge is 0.376 e. The quantitative estimate of drug-likeness (QED) is 0.600. The Morgan fingerprint density at radius 3 is 1.62 bits per heavy atom. The second-order valence-corrected chi connectivity index (χ2v) is 4.38. The van der Waals surface area contributed by atoms with Crippen LogP contribution in [0.2, 0.25) is 0 Å². The third-order valence-electron chi connectivity index (χ3n) is 2.00. The van der Waals surface area contributed by atoms with E-state index in [1.54, 1.807) is 0 Å². The molecule has 2 unspecified atom stereocenters. The fourth-order valence-electron chi connectivity index (χ4n) is 1.29. The predicted octanol–water partition coefficient (Wildman–Crippen LogP) is 3.20. The van der Waals surface area contributed by atoms with Gasteiger partial charge in [0.05, 0.1) is 12.2 Å². The third kappa shape index (κ3) is 8.98. The minimum atomic E-state index is 0.377. The number of hydrogen-bond acceptors (Lipinski definition) is 3. The predicted molar refractivity (Wildman–Crippen MR) is 66.2 cm³/mol. The lowest BCUT2D eigenvalue weighted by Gasteiger charge is -2.18. The molecule has 0 N–H and O–H groups in total. The molecule has 0 aromatic heterocycles. The highest BCUT2D eigenvalue weighted by Crippen LogP contribution is 2.09. The van der Waals surface area contributed by atoms with E-state index in [1.807, 2.05) is 0 Å². The van der Waals surface area contributed by atoms with Gasteiger partial charge in [-0.05, 0) is 51.0 Å². The third-order valence-corrected chi connectivity index (χ3v) is 2.63. The SMILES string of the molecule is CC(CCCS)OC(C)CCCS. The van der Waals surface area contributed by atoms with E-state index in [1.165, 1.54) is 0 Å². The highest BCUT2D eigenvalue weighted by atomic mass is 32.1. The summed E-state index contributed by atoms with van der Waals surface area (Å²) in [5.74, 6) is 1.91. The van der Waals surface area contributed by atoms with E-state index in [4.69, 9.17) is 4.74 Å². The Morgan fingerprint density at radius 2 is 1.31 bits per heavy atom. The van der Waals surface area contributed by atoms with Crippen molar-refractivity contribution in [3.8, 4) is 0 Å². The van der Waals surface area contributed by atoms with Gasteiger partial charge < -0.3 is 4.74 Å². The monoisotopic (exact) mass is 222 g/mol. The van der Waals surface area contributed by atoms with Crippen LogP contribution in [-0.2, 0) is 4.74 Å². The summed E-state index contributed by atoms with van der Waals surface area (Å²) in [4.78, 5) is 0. The summed E-state index contributed by atoms with van der Waals surface area (Å²) in [6.07, 6.45) is 5.28. The molecule has 0 aliphatic heterocycles. The Morgan fingerprint density at radius 1 is 0.923 bits per heavy atom. The van der Waals surface area contributed by atoms with E-state index < -0.39 is 0 Å². The molecule has 0 spiro atoms. The van der Waals surface area contributed by atoms with E-state index in [-0.39, 0.29) is 0 Å². The summed E-state index contributed by atoms with van der Waals surface area (Å²) in [6.45, 7) is 4.28. The molecule has 0 saturated carbocycles. The maximum Gasteiger partial charge on any atom is 0.0550 e. The van der Waals surface area contributed by atoms with Crippen molar-refractivity contribution in [2.24, 2.45) is 0 Å². The second-order valence-electron chi connectivity index (χ2n) is 3.49. The zero-order valence-electron chi connectivity index (χ0n) is 8.70. The smallest absolute Gasteiger partial charge is 0.0550 e. The highest BCUT2D eigenvalue weighted by Gasteiger charge is 2.07. The molecule has 0 amide bonds. The van der Waals surface area contributed by atoms with Gasteiger partial charge >= 0.3 is 0 Å². The molecular formula is C10H22OS2. The number of thiol groups is 2. The van der Waals surface area contributed by atoms with Crippen LogP contribution in [0.25, 0.3) is 0 Å². The van der Waals surface area contributed by atoms with E-state index in [0.29, 0.717) is 12.2 Å². The maximum absolute atomic E-state index is 5.79. The molecule has 13 heavy (non-hydrogen) atoms. The van der Waals surface area contributed by atoms with Gasteiger partial charge in [-0.1, -0.05) is 0 Å². The summed E-state index contributed by atoms with van der Waals surface area (Å²) in [5.41, 5.74) is 0. The number of hydrogen-bond donors (Lipinski definition) is 2. The van der Waals surface area contributed by atoms with E-state index in [2.05, 4.69) is 39.1 Å². The van der Waals surface area contributed by atoms with Crippen molar-refractivity contribution in [2.45, 2.75) is 51.7 Å². The van der Waals surface area contributed by atoms with Gasteiger partial charge in [0.1, 0.15) is 0 Å². The summed E-state index contributed by atoms with van der Waals surface area (Å²) in [6, 6.07) is 0. The average molecular weight is 222 g/mol. The van der Waals surface area contributed by atoms with Crippen molar-refractivity contribution < 1.29 is 4.74 Å².